The van der Waals surface area contributed by atoms with Crippen LogP contribution in [0.3, 0.4) is 0 Å². The minimum Gasteiger partial charge on any atom is -0.462 e. The minimum absolute atomic E-state index is 0.0633. The second-order valence-corrected chi connectivity index (χ2v) is 22.7. The van der Waals surface area contributed by atoms with Crippen LogP contribution in [-0.4, -0.2) is 37.2 Å². The van der Waals surface area contributed by atoms with E-state index in [1.165, 1.54) is 283 Å². The van der Waals surface area contributed by atoms with Crippen molar-refractivity contribution in [2.45, 2.75) is 386 Å². The Morgan fingerprint density at radius 3 is 0.685 bits per heavy atom. The first-order valence-corrected chi connectivity index (χ1v) is 33.2. The lowest BCUT2D eigenvalue weighted by Crippen LogP contribution is -2.30. The van der Waals surface area contributed by atoms with E-state index < -0.39 is 6.10 Å². The van der Waals surface area contributed by atoms with Crippen molar-refractivity contribution in [3.05, 3.63) is 12.2 Å². The molecule has 0 fully saturated rings. The second-order valence-electron chi connectivity index (χ2n) is 22.7. The Kier molecular flexibility index (Phi) is 61.1. The lowest BCUT2D eigenvalue weighted by atomic mass is 10.0. The van der Waals surface area contributed by atoms with E-state index in [1.54, 1.807) is 0 Å². The van der Waals surface area contributed by atoms with Crippen molar-refractivity contribution < 1.29 is 28.6 Å². The maximum Gasteiger partial charge on any atom is 0.306 e. The Hall–Kier alpha value is -1.85. The summed E-state index contributed by atoms with van der Waals surface area (Å²) in [5.74, 6) is -0.841. The lowest BCUT2D eigenvalue weighted by Gasteiger charge is -2.18. The van der Waals surface area contributed by atoms with Crippen LogP contribution in [0, 0.1) is 0 Å². The summed E-state index contributed by atoms with van der Waals surface area (Å²) in [4.78, 5) is 38.1. The van der Waals surface area contributed by atoms with E-state index in [-0.39, 0.29) is 31.1 Å². The topological polar surface area (TPSA) is 78.9 Å². The monoisotopic (exact) mass is 1030 g/mol. The van der Waals surface area contributed by atoms with Crippen LogP contribution in [0.5, 0.6) is 0 Å². The number of esters is 3. The molecule has 0 spiro atoms. The molecule has 0 amide bonds. The van der Waals surface area contributed by atoms with Crippen LogP contribution >= 0.6 is 0 Å². The maximum atomic E-state index is 12.9. The first-order valence-electron chi connectivity index (χ1n) is 33.2. The van der Waals surface area contributed by atoms with E-state index in [4.69, 9.17) is 14.2 Å². The summed E-state index contributed by atoms with van der Waals surface area (Å²) in [6, 6.07) is 0. The largest absolute Gasteiger partial charge is 0.462 e. The van der Waals surface area contributed by atoms with Gasteiger partial charge in [0.25, 0.3) is 0 Å². The van der Waals surface area contributed by atoms with Gasteiger partial charge in [0.1, 0.15) is 13.2 Å². The fourth-order valence-corrected chi connectivity index (χ4v) is 10.3. The smallest absolute Gasteiger partial charge is 0.306 e. The van der Waals surface area contributed by atoms with E-state index >= 15 is 0 Å². The quantitative estimate of drug-likeness (QED) is 0.0261. The zero-order valence-electron chi connectivity index (χ0n) is 49.7. The molecular formula is C67H128O6. The van der Waals surface area contributed by atoms with Crippen molar-refractivity contribution in [3.8, 4) is 0 Å². The van der Waals surface area contributed by atoms with Crippen molar-refractivity contribution in [1.29, 1.82) is 0 Å². The highest BCUT2D eigenvalue weighted by atomic mass is 16.6. The molecular weight excluding hydrogens is 901 g/mol. The average molecular weight is 1030 g/mol. The molecule has 0 heterocycles. The summed E-state index contributed by atoms with van der Waals surface area (Å²) >= 11 is 0. The van der Waals surface area contributed by atoms with Gasteiger partial charge in [-0.1, -0.05) is 328 Å². The molecule has 0 bridgehead atoms. The molecule has 6 nitrogen and oxygen atoms in total. The summed E-state index contributed by atoms with van der Waals surface area (Å²) < 4.78 is 16.9. The van der Waals surface area contributed by atoms with E-state index in [1.807, 2.05) is 0 Å². The molecule has 1 atom stereocenters. The molecule has 0 aromatic rings. The van der Waals surface area contributed by atoms with Gasteiger partial charge in [-0.3, -0.25) is 14.4 Å². The van der Waals surface area contributed by atoms with Crippen LogP contribution < -0.4 is 0 Å². The van der Waals surface area contributed by atoms with E-state index in [0.29, 0.717) is 19.3 Å². The number of carbonyl (C=O) groups is 3. The third-order valence-electron chi connectivity index (χ3n) is 15.3. The summed E-state index contributed by atoms with van der Waals surface area (Å²) in [7, 11) is 0. The Morgan fingerprint density at radius 2 is 0.452 bits per heavy atom. The van der Waals surface area contributed by atoms with Crippen LogP contribution in [0.4, 0.5) is 0 Å². The molecule has 0 aromatic carbocycles. The first-order chi connectivity index (χ1) is 36.0. The number of ether oxygens (including phenoxy) is 3. The standard InChI is InChI=1S/C67H128O6/c1-4-7-10-13-16-18-20-22-24-26-28-29-30-31-32-33-34-35-36-37-39-40-42-44-46-48-51-54-57-60-66(69)72-63-64(62-71-65(68)59-56-53-50-15-12-9-6-3)73-67(70)61-58-55-52-49-47-45-43-41-38-27-25-23-21-19-17-14-11-8-5-2/h26,28,64H,4-25,27,29-63H2,1-3H3/b28-26-. The zero-order chi connectivity index (χ0) is 52.9. The molecule has 0 radical (unpaired) electrons. The maximum absolute atomic E-state index is 12.9. The molecule has 432 valence electrons. The predicted octanol–water partition coefficient (Wildman–Crippen LogP) is 22.4. The molecule has 0 rings (SSSR count). The molecule has 0 aliphatic rings. The molecule has 0 aromatic heterocycles. The van der Waals surface area contributed by atoms with Crippen molar-refractivity contribution >= 4 is 17.9 Å². The van der Waals surface area contributed by atoms with Gasteiger partial charge in [0, 0.05) is 19.3 Å². The molecule has 0 N–H and O–H groups in total. The first kappa shape index (κ1) is 71.2. The summed E-state index contributed by atoms with van der Waals surface area (Å²) in [6.45, 7) is 6.67. The third kappa shape index (κ3) is 60.9. The van der Waals surface area contributed by atoms with Crippen molar-refractivity contribution in [1.82, 2.24) is 0 Å². The van der Waals surface area contributed by atoms with E-state index in [9.17, 15) is 14.4 Å². The van der Waals surface area contributed by atoms with Crippen molar-refractivity contribution in [2.24, 2.45) is 0 Å². The average Bonchev–Trinajstić information content (AvgIpc) is 3.39. The Bertz CT molecular complexity index is 1130. The highest BCUT2D eigenvalue weighted by Crippen LogP contribution is 2.18. The number of carbonyl (C=O) groups excluding carboxylic acids is 3. The van der Waals surface area contributed by atoms with Gasteiger partial charge in [-0.25, -0.2) is 0 Å². The second kappa shape index (κ2) is 62.7. The molecule has 0 aliphatic heterocycles. The van der Waals surface area contributed by atoms with E-state index in [2.05, 4.69) is 32.9 Å². The van der Waals surface area contributed by atoms with Gasteiger partial charge >= 0.3 is 17.9 Å². The van der Waals surface area contributed by atoms with Gasteiger partial charge < -0.3 is 14.2 Å². The van der Waals surface area contributed by atoms with Gasteiger partial charge in [0.05, 0.1) is 0 Å². The Morgan fingerprint density at radius 1 is 0.260 bits per heavy atom. The molecule has 0 saturated carbocycles. The predicted molar refractivity (Wildman–Crippen MR) is 317 cm³/mol. The number of unbranched alkanes of at least 4 members (excludes halogenated alkanes) is 49. The fourth-order valence-electron chi connectivity index (χ4n) is 10.3. The summed E-state index contributed by atoms with van der Waals surface area (Å²) in [5, 5.41) is 0. The molecule has 6 heteroatoms. The van der Waals surface area contributed by atoms with Crippen LogP contribution in [0.1, 0.15) is 380 Å². The van der Waals surface area contributed by atoms with Crippen LogP contribution in [0.2, 0.25) is 0 Å². The Labute approximate surface area is 456 Å². The molecule has 73 heavy (non-hydrogen) atoms. The highest BCUT2D eigenvalue weighted by molar-refractivity contribution is 5.71. The molecule has 0 saturated heterocycles. The SMILES string of the molecule is CCCCCCCCCC/C=C\CCCCCCCCCCCCCCCCCCCC(=O)OCC(COC(=O)CCCCCCCCC)OC(=O)CCCCCCCCCCCCCCCCCCCCC. The normalized spacial score (nSPS) is 12.0. The van der Waals surface area contributed by atoms with Crippen LogP contribution in [-0.2, 0) is 28.6 Å². The highest BCUT2D eigenvalue weighted by Gasteiger charge is 2.19. The van der Waals surface area contributed by atoms with Crippen molar-refractivity contribution in [2.75, 3.05) is 13.2 Å². The number of hydrogen-bond donors (Lipinski definition) is 0. The lowest BCUT2D eigenvalue weighted by molar-refractivity contribution is -0.167. The minimum atomic E-state index is -0.762. The van der Waals surface area contributed by atoms with Gasteiger partial charge in [0.2, 0.25) is 0 Å². The fraction of sp³-hybridized carbons (Fsp3) is 0.925. The van der Waals surface area contributed by atoms with Crippen molar-refractivity contribution in [3.63, 3.8) is 0 Å². The van der Waals surface area contributed by atoms with Crippen LogP contribution in [0.25, 0.3) is 0 Å². The van der Waals surface area contributed by atoms with Gasteiger partial charge in [-0.05, 0) is 44.9 Å². The summed E-state index contributed by atoms with van der Waals surface area (Å²) in [5.41, 5.74) is 0. The number of rotatable bonds is 62. The van der Waals surface area contributed by atoms with Crippen LogP contribution in [0.15, 0.2) is 12.2 Å². The zero-order valence-corrected chi connectivity index (χ0v) is 49.7. The number of allylic oxidation sites excluding steroid dienone is 2. The van der Waals surface area contributed by atoms with E-state index in [0.717, 1.165) is 57.8 Å². The van der Waals surface area contributed by atoms with Gasteiger partial charge in [-0.15, -0.1) is 0 Å². The summed E-state index contributed by atoms with van der Waals surface area (Å²) in [6.07, 6.45) is 74.1. The number of hydrogen-bond acceptors (Lipinski definition) is 6. The van der Waals surface area contributed by atoms with Gasteiger partial charge in [0.15, 0.2) is 6.10 Å². The Balaban J connectivity index is 4.00. The molecule has 1 unspecified atom stereocenters. The molecule has 0 aliphatic carbocycles. The third-order valence-corrected chi connectivity index (χ3v) is 15.3. The van der Waals surface area contributed by atoms with Gasteiger partial charge in [-0.2, -0.15) is 0 Å².